The third kappa shape index (κ3) is 4.65. The fourth-order valence-electron chi connectivity index (χ4n) is 3.56. The van der Waals surface area contributed by atoms with Gasteiger partial charge in [-0.15, -0.1) is 16.8 Å². The zero-order valence-corrected chi connectivity index (χ0v) is 16.9. The van der Waals surface area contributed by atoms with E-state index in [2.05, 4.69) is 26.2 Å². The topological polar surface area (TPSA) is 63.4 Å². The first-order valence-corrected chi connectivity index (χ1v) is 10.4. The molecule has 0 aliphatic carbocycles. The molecule has 0 bridgehead atoms. The Labute approximate surface area is 165 Å². The maximum absolute atomic E-state index is 10.5. The molecule has 7 heteroatoms. The number of para-hydroxylation sites is 1. The summed E-state index contributed by atoms with van der Waals surface area (Å²) in [7, 11) is 2.04. The molecule has 0 unspecified atom stereocenters. The third-order valence-corrected chi connectivity index (χ3v) is 5.86. The molecule has 1 aliphatic heterocycles. The number of benzene rings is 1. The van der Waals surface area contributed by atoms with E-state index in [-0.39, 0.29) is 5.75 Å². The summed E-state index contributed by atoms with van der Waals surface area (Å²) in [5.41, 5.74) is 0.904. The number of aromatic nitrogens is 3. The number of phenolic OH excluding ortho intramolecular Hbond substituents is 1. The highest BCUT2D eigenvalue weighted by atomic mass is 32.2. The second-order valence-electron chi connectivity index (χ2n) is 6.77. The minimum absolute atomic E-state index is 0.253. The third-order valence-electron chi connectivity index (χ3n) is 4.85. The zero-order valence-electron chi connectivity index (χ0n) is 16.1. The standard InChI is InChI=1S/C20H28N4O2S/c1-4-12-27-20-22-21-19(23(20)3)16-9-7-11-24(14-16)13-15-8-6-10-17(18(15)25)26-5-2/h4,6,8,10,16,25H,1,5,7,9,11-14H2,2-3H3/t16-/m1/s1. The van der Waals surface area contributed by atoms with E-state index in [0.717, 1.165) is 48.2 Å². The Bertz CT molecular complexity index is 777. The van der Waals surface area contributed by atoms with Gasteiger partial charge in [-0.25, -0.2) is 0 Å². The number of likely N-dealkylation sites (tertiary alicyclic amines) is 1. The van der Waals surface area contributed by atoms with Gasteiger partial charge in [-0.2, -0.15) is 0 Å². The Morgan fingerprint density at radius 3 is 3.04 bits per heavy atom. The highest BCUT2D eigenvalue weighted by Gasteiger charge is 2.26. The van der Waals surface area contributed by atoms with Crippen LogP contribution in [0.25, 0.3) is 0 Å². The summed E-state index contributed by atoms with van der Waals surface area (Å²) in [6.07, 6.45) is 4.10. The molecule has 1 aromatic carbocycles. The van der Waals surface area contributed by atoms with Crippen molar-refractivity contribution in [3.63, 3.8) is 0 Å². The Balaban J connectivity index is 1.69. The van der Waals surface area contributed by atoms with Gasteiger partial charge in [-0.3, -0.25) is 4.90 Å². The molecule has 6 nitrogen and oxygen atoms in total. The van der Waals surface area contributed by atoms with E-state index in [4.69, 9.17) is 4.74 Å². The van der Waals surface area contributed by atoms with Gasteiger partial charge in [0.1, 0.15) is 5.82 Å². The SMILES string of the molecule is C=CCSc1nnc([C@@H]2CCCN(Cc3cccc(OCC)c3O)C2)n1C. The lowest BCUT2D eigenvalue weighted by Gasteiger charge is -2.32. The van der Waals surface area contributed by atoms with Gasteiger partial charge < -0.3 is 14.4 Å². The molecule has 146 valence electrons. The number of aromatic hydroxyl groups is 1. The fourth-order valence-corrected chi connectivity index (χ4v) is 4.21. The van der Waals surface area contributed by atoms with E-state index in [1.54, 1.807) is 11.8 Å². The Morgan fingerprint density at radius 2 is 2.26 bits per heavy atom. The van der Waals surface area contributed by atoms with Crippen LogP contribution < -0.4 is 4.74 Å². The van der Waals surface area contributed by atoms with E-state index in [9.17, 15) is 5.11 Å². The molecule has 1 atom stereocenters. The van der Waals surface area contributed by atoms with Crippen molar-refractivity contribution in [3.05, 3.63) is 42.2 Å². The van der Waals surface area contributed by atoms with E-state index < -0.39 is 0 Å². The van der Waals surface area contributed by atoms with E-state index >= 15 is 0 Å². The van der Waals surface area contributed by atoms with Gasteiger partial charge in [0.05, 0.1) is 6.61 Å². The van der Waals surface area contributed by atoms with Gasteiger partial charge in [0.15, 0.2) is 16.7 Å². The normalized spacial score (nSPS) is 17.8. The molecular weight excluding hydrogens is 360 g/mol. The van der Waals surface area contributed by atoms with Crippen molar-refractivity contribution in [1.29, 1.82) is 0 Å². The minimum atomic E-state index is 0.253. The van der Waals surface area contributed by atoms with Crippen molar-refractivity contribution >= 4 is 11.8 Å². The first kappa shape index (κ1) is 19.8. The van der Waals surface area contributed by atoms with Gasteiger partial charge in [0.25, 0.3) is 0 Å². The second-order valence-corrected chi connectivity index (χ2v) is 7.76. The summed E-state index contributed by atoms with van der Waals surface area (Å²) in [6.45, 7) is 8.86. The molecule has 1 saturated heterocycles. The average molecular weight is 389 g/mol. The molecule has 3 rings (SSSR count). The minimum Gasteiger partial charge on any atom is -0.504 e. The number of phenols is 1. The maximum atomic E-state index is 10.5. The van der Waals surface area contributed by atoms with Gasteiger partial charge in [-0.05, 0) is 32.4 Å². The van der Waals surface area contributed by atoms with Crippen LogP contribution in [0, 0.1) is 0 Å². The van der Waals surface area contributed by atoms with Gasteiger partial charge in [0.2, 0.25) is 0 Å². The first-order valence-electron chi connectivity index (χ1n) is 9.43. The van der Waals surface area contributed by atoms with Crippen molar-refractivity contribution in [2.24, 2.45) is 7.05 Å². The summed E-state index contributed by atoms with van der Waals surface area (Å²) < 4.78 is 7.61. The van der Waals surface area contributed by atoms with Gasteiger partial charge >= 0.3 is 0 Å². The molecule has 1 fully saturated rings. The number of hydrogen-bond donors (Lipinski definition) is 1. The summed E-state index contributed by atoms with van der Waals surface area (Å²) >= 11 is 1.65. The molecule has 0 saturated carbocycles. The van der Waals surface area contributed by atoms with Crippen LogP contribution in [0.2, 0.25) is 0 Å². The number of rotatable bonds is 8. The van der Waals surface area contributed by atoms with Crippen LogP contribution in [-0.2, 0) is 13.6 Å². The number of ether oxygens (including phenoxy) is 1. The number of nitrogens with zero attached hydrogens (tertiary/aromatic N) is 4. The zero-order chi connectivity index (χ0) is 19.2. The largest absolute Gasteiger partial charge is 0.504 e. The molecule has 27 heavy (non-hydrogen) atoms. The molecule has 0 radical (unpaired) electrons. The maximum Gasteiger partial charge on any atom is 0.191 e. The molecule has 0 spiro atoms. The number of hydrogen-bond acceptors (Lipinski definition) is 6. The molecule has 1 aromatic heterocycles. The van der Waals surface area contributed by atoms with Gasteiger partial charge in [0, 0.05) is 37.4 Å². The Hall–Kier alpha value is -1.99. The number of piperidine rings is 1. The quantitative estimate of drug-likeness (QED) is 0.551. The van der Waals surface area contributed by atoms with Crippen LogP contribution in [0.5, 0.6) is 11.5 Å². The molecule has 0 amide bonds. The van der Waals surface area contributed by atoms with E-state index in [1.807, 2.05) is 38.2 Å². The van der Waals surface area contributed by atoms with Crippen LogP contribution in [-0.4, -0.2) is 50.2 Å². The number of thioether (sulfide) groups is 1. The first-order chi connectivity index (χ1) is 13.1. The van der Waals surface area contributed by atoms with E-state index in [1.165, 1.54) is 0 Å². The van der Waals surface area contributed by atoms with Gasteiger partial charge in [-0.1, -0.05) is 30.0 Å². The second kappa shape index (κ2) is 9.28. The summed E-state index contributed by atoms with van der Waals surface area (Å²) in [4.78, 5) is 2.38. The van der Waals surface area contributed by atoms with Crippen LogP contribution in [0.3, 0.4) is 0 Å². The summed E-state index contributed by atoms with van der Waals surface area (Å²) in [5, 5.41) is 20.2. The fraction of sp³-hybridized carbons (Fsp3) is 0.500. The monoisotopic (exact) mass is 388 g/mol. The molecule has 2 heterocycles. The van der Waals surface area contributed by atoms with Crippen molar-refractivity contribution in [2.45, 2.75) is 37.4 Å². The molecular formula is C20H28N4O2S. The Kier molecular flexibility index (Phi) is 6.79. The van der Waals surface area contributed by atoms with E-state index in [0.29, 0.717) is 24.8 Å². The van der Waals surface area contributed by atoms with Crippen molar-refractivity contribution in [2.75, 3.05) is 25.4 Å². The van der Waals surface area contributed by atoms with Crippen LogP contribution >= 0.6 is 11.8 Å². The summed E-state index contributed by atoms with van der Waals surface area (Å²) in [6, 6.07) is 5.71. The highest BCUT2D eigenvalue weighted by Crippen LogP contribution is 2.33. The van der Waals surface area contributed by atoms with Crippen LogP contribution in [0.4, 0.5) is 0 Å². The van der Waals surface area contributed by atoms with Crippen molar-refractivity contribution in [3.8, 4) is 11.5 Å². The predicted octanol–water partition coefficient (Wildman–Crippen LogP) is 3.58. The summed E-state index contributed by atoms with van der Waals surface area (Å²) in [5.74, 6) is 3.03. The predicted molar refractivity (Wildman–Crippen MR) is 108 cm³/mol. The lowest BCUT2D eigenvalue weighted by Crippen LogP contribution is -2.34. The lowest BCUT2D eigenvalue weighted by atomic mass is 9.96. The van der Waals surface area contributed by atoms with Crippen LogP contribution in [0.15, 0.2) is 36.0 Å². The van der Waals surface area contributed by atoms with Crippen molar-refractivity contribution in [1.82, 2.24) is 19.7 Å². The van der Waals surface area contributed by atoms with Crippen LogP contribution in [0.1, 0.15) is 37.1 Å². The molecule has 2 aromatic rings. The average Bonchev–Trinajstić information content (AvgIpc) is 3.04. The highest BCUT2D eigenvalue weighted by molar-refractivity contribution is 7.99. The lowest BCUT2D eigenvalue weighted by molar-refractivity contribution is 0.192. The van der Waals surface area contributed by atoms with Crippen molar-refractivity contribution < 1.29 is 9.84 Å². The Morgan fingerprint density at radius 1 is 1.41 bits per heavy atom. The smallest absolute Gasteiger partial charge is 0.191 e. The molecule has 1 aliphatic rings. The molecule has 1 N–H and O–H groups in total.